The lowest BCUT2D eigenvalue weighted by molar-refractivity contribution is -0.121. The molecule has 0 saturated carbocycles. The van der Waals surface area contributed by atoms with Gasteiger partial charge in [0.1, 0.15) is 0 Å². The van der Waals surface area contributed by atoms with Crippen LogP contribution in [0.1, 0.15) is 46.5 Å². The maximum Gasteiger partial charge on any atom is 0.220 e. The second kappa shape index (κ2) is 8.10. The third kappa shape index (κ3) is 7.19. The molecule has 0 aromatic heterocycles. The number of halogens is 1. The van der Waals surface area contributed by atoms with Gasteiger partial charge in [-0.1, -0.05) is 33.6 Å². The van der Waals surface area contributed by atoms with Crippen molar-refractivity contribution in [3.05, 3.63) is 0 Å². The lowest BCUT2D eigenvalue weighted by Crippen LogP contribution is -2.31. The molecule has 1 atom stereocenters. The molecule has 0 bridgehead atoms. The first kappa shape index (κ1) is 13.8. The van der Waals surface area contributed by atoms with Gasteiger partial charge in [0.05, 0.1) is 5.38 Å². The number of carbonyl (C=O) groups is 1. The van der Waals surface area contributed by atoms with Crippen LogP contribution in [0.5, 0.6) is 0 Å². The van der Waals surface area contributed by atoms with Crippen LogP contribution in [0.15, 0.2) is 0 Å². The minimum Gasteiger partial charge on any atom is -0.355 e. The summed E-state index contributed by atoms with van der Waals surface area (Å²) >= 11 is 6.01. The van der Waals surface area contributed by atoms with Crippen molar-refractivity contribution in [2.45, 2.75) is 51.8 Å². The zero-order valence-corrected chi connectivity index (χ0v) is 10.2. The summed E-state index contributed by atoms with van der Waals surface area (Å²) < 4.78 is 0. The average Bonchev–Trinajstić information content (AvgIpc) is 2.14. The van der Waals surface area contributed by atoms with Gasteiger partial charge in [-0.15, -0.1) is 11.6 Å². The molecule has 0 saturated heterocycles. The summed E-state index contributed by atoms with van der Waals surface area (Å²) in [5.41, 5.74) is 0. The predicted octanol–water partition coefficient (Wildman–Crippen LogP) is 2.95. The van der Waals surface area contributed by atoms with Crippen molar-refractivity contribution >= 4 is 17.5 Å². The lowest BCUT2D eigenvalue weighted by Gasteiger charge is -2.13. The maximum absolute atomic E-state index is 11.3. The van der Waals surface area contributed by atoms with Crippen LogP contribution in [0, 0.1) is 5.92 Å². The van der Waals surface area contributed by atoms with Gasteiger partial charge in [-0.25, -0.2) is 0 Å². The van der Waals surface area contributed by atoms with E-state index in [1.807, 2.05) is 0 Å². The van der Waals surface area contributed by atoms with Gasteiger partial charge in [0.15, 0.2) is 0 Å². The van der Waals surface area contributed by atoms with Crippen LogP contribution in [-0.4, -0.2) is 17.8 Å². The van der Waals surface area contributed by atoms with Crippen molar-refractivity contribution in [2.75, 3.05) is 6.54 Å². The Morgan fingerprint density at radius 1 is 1.36 bits per heavy atom. The van der Waals surface area contributed by atoms with Gasteiger partial charge in [-0.3, -0.25) is 4.79 Å². The zero-order valence-electron chi connectivity index (χ0n) is 9.48. The molecule has 0 aliphatic rings. The van der Waals surface area contributed by atoms with E-state index in [1.165, 1.54) is 0 Å². The molecule has 0 aromatic carbocycles. The molecule has 0 heterocycles. The number of nitrogens with one attached hydrogen (secondary N) is 1. The zero-order chi connectivity index (χ0) is 11.0. The first-order valence-corrected chi connectivity index (χ1v) is 5.92. The molecule has 84 valence electrons. The van der Waals surface area contributed by atoms with Crippen LogP contribution in [0.3, 0.4) is 0 Å². The molecule has 0 fully saturated rings. The number of hydrogen-bond acceptors (Lipinski definition) is 1. The molecule has 3 heteroatoms. The van der Waals surface area contributed by atoms with Crippen molar-refractivity contribution in [2.24, 2.45) is 5.92 Å². The lowest BCUT2D eigenvalue weighted by atomic mass is 10.1. The third-order valence-corrected chi connectivity index (χ3v) is 2.88. The van der Waals surface area contributed by atoms with Gasteiger partial charge in [-0.05, 0) is 12.3 Å². The van der Waals surface area contributed by atoms with Crippen molar-refractivity contribution in [1.29, 1.82) is 0 Å². The Morgan fingerprint density at radius 2 is 2.00 bits per heavy atom. The topological polar surface area (TPSA) is 29.1 Å². The molecule has 0 spiro atoms. The molecule has 0 radical (unpaired) electrons. The van der Waals surface area contributed by atoms with Crippen LogP contribution in [0.4, 0.5) is 0 Å². The summed E-state index contributed by atoms with van der Waals surface area (Å²) in [6.45, 7) is 6.83. The monoisotopic (exact) mass is 219 g/mol. The molecule has 0 aromatic rings. The fourth-order valence-electron chi connectivity index (χ4n) is 1.07. The Kier molecular flexibility index (Phi) is 7.96. The second-order valence-electron chi connectivity index (χ2n) is 4.02. The molecule has 14 heavy (non-hydrogen) atoms. The van der Waals surface area contributed by atoms with Gasteiger partial charge >= 0.3 is 0 Å². The van der Waals surface area contributed by atoms with E-state index in [-0.39, 0.29) is 11.3 Å². The second-order valence-corrected chi connectivity index (χ2v) is 4.58. The van der Waals surface area contributed by atoms with Gasteiger partial charge in [0, 0.05) is 13.0 Å². The van der Waals surface area contributed by atoms with Crippen LogP contribution in [-0.2, 0) is 4.79 Å². The summed E-state index contributed by atoms with van der Waals surface area (Å²) in [6.07, 6.45) is 3.89. The van der Waals surface area contributed by atoms with E-state index >= 15 is 0 Å². The van der Waals surface area contributed by atoms with Gasteiger partial charge < -0.3 is 5.32 Å². The van der Waals surface area contributed by atoms with Crippen molar-refractivity contribution in [3.63, 3.8) is 0 Å². The number of unbranched alkanes of at least 4 members (excludes halogenated alkanes) is 2. The summed E-state index contributed by atoms with van der Waals surface area (Å²) in [7, 11) is 0. The third-order valence-electron chi connectivity index (χ3n) is 2.23. The number of carbonyl (C=O) groups excluding carboxylic acids is 1. The predicted molar refractivity (Wildman–Crippen MR) is 61.6 cm³/mol. The van der Waals surface area contributed by atoms with E-state index < -0.39 is 0 Å². The van der Waals surface area contributed by atoms with E-state index in [1.54, 1.807) is 0 Å². The van der Waals surface area contributed by atoms with Crippen LogP contribution in [0.25, 0.3) is 0 Å². The molecule has 0 aliphatic carbocycles. The maximum atomic E-state index is 11.3. The Morgan fingerprint density at radius 3 is 2.50 bits per heavy atom. The standard InChI is InChI=1S/C11H22ClNO/c1-4-5-6-7-11(14)13-8-10(12)9(2)3/h9-10H,4-8H2,1-3H3,(H,13,14). The summed E-state index contributed by atoms with van der Waals surface area (Å²) in [5.74, 6) is 0.539. The highest BCUT2D eigenvalue weighted by Crippen LogP contribution is 2.07. The molecule has 0 rings (SSSR count). The van der Waals surface area contributed by atoms with E-state index in [2.05, 4.69) is 26.1 Å². The first-order valence-electron chi connectivity index (χ1n) is 5.48. The average molecular weight is 220 g/mol. The van der Waals surface area contributed by atoms with Crippen LogP contribution >= 0.6 is 11.6 Å². The molecule has 0 aliphatic heterocycles. The van der Waals surface area contributed by atoms with Crippen LogP contribution in [0.2, 0.25) is 0 Å². The fraction of sp³-hybridized carbons (Fsp3) is 0.909. The quantitative estimate of drug-likeness (QED) is 0.518. The van der Waals surface area contributed by atoms with E-state index in [9.17, 15) is 4.79 Å². The van der Waals surface area contributed by atoms with E-state index in [0.717, 1.165) is 19.3 Å². The van der Waals surface area contributed by atoms with Gasteiger partial charge in [0.25, 0.3) is 0 Å². The Labute approximate surface area is 92.4 Å². The molecule has 1 amide bonds. The van der Waals surface area contributed by atoms with Crippen molar-refractivity contribution in [1.82, 2.24) is 5.32 Å². The minimum absolute atomic E-state index is 0.0464. The van der Waals surface area contributed by atoms with Crippen molar-refractivity contribution in [3.8, 4) is 0 Å². The van der Waals surface area contributed by atoms with Crippen molar-refractivity contribution < 1.29 is 4.79 Å². The smallest absolute Gasteiger partial charge is 0.220 e. The van der Waals surface area contributed by atoms with Crippen LogP contribution < -0.4 is 5.32 Å². The molecular weight excluding hydrogens is 198 g/mol. The molecule has 1 N–H and O–H groups in total. The Bertz CT molecular complexity index is 159. The van der Waals surface area contributed by atoms with Gasteiger partial charge in [-0.2, -0.15) is 0 Å². The fourth-order valence-corrected chi connectivity index (χ4v) is 1.15. The largest absolute Gasteiger partial charge is 0.355 e. The normalized spacial score (nSPS) is 12.9. The Balaban J connectivity index is 3.44. The summed E-state index contributed by atoms with van der Waals surface area (Å²) in [6, 6.07) is 0. The number of amides is 1. The summed E-state index contributed by atoms with van der Waals surface area (Å²) in [5, 5.41) is 2.90. The minimum atomic E-state index is 0.0464. The van der Waals surface area contributed by atoms with Gasteiger partial charge in [0.2, 0.25) is 5.91 Å². The molecule has 1 unspecified atom stereocenters. The highest BCUT2D eigenvalue weighted by molar-refractivity contribution is 6.21. The molecular formula is C11H22ClNO. The number of alkyl halides is 1. The SMILES string of the molecule is CCCCCC(=O)NCC(Cl)C(C)C. The Hall–Kier alpha value is -0.240. The number of hydrogen-bond donors (Lipinski definition) is 1. The highest BCUT2D eigenvalue weighted by atomic mass is 35.5. The number of rotatable bonds is 7. The molecule has 2 nitrogen and oxygen atoms in total. The highest BCUT2D eigenvalue weighted by Gasteiger charge is 2.10. The van der Waals surface area contributed by atoms with E-state index in [0.29, 0.717) is 18.9 Å². The van der Waals surface area contributed by atoms with E-state index in [4.69, 9.17) is 11.6 Å². The first-order chi connectivity index (χ1) is 6.57. The summed E-state index contributed by atoms with van der Waals surface area (Å²) in [4.78, 5) is 11.3.